The number of anilines is 1. The number of hydrogen-bond acceptors (Lipinski definition) is 3. The Balaban J connectivity index is 2.01. The predicted molar refractivity (Wildman–Crippen MR) is 70.7 cm³/mol. The van der Waals surface area contributed by atoms with Crippen molar-refractivity contribution < 1.29 is 5.11 Å². The molecule has 1 heterocycles. The number of hydrogen-bond donors (Lipinski definition) is 2. The Morgan fingerprint density at radius 3 is 2.71 bits per heavy atom. The lowest BCUT2D eigenvalue weighted by atomic mass is 10.1. The fourth-order valence-electron chi connectivity index (χ4n) is 2.37. The second kappa shape index (κ2) is 4.26. The van der Waals surface area contributed by atoms with Crippen LogP contribution in [0.5, 0.6) is 5.75 Å². The minimum absolute atomic E-state index is 0.356. The number of piperazine rings is 1. The summed E-state index contributed by atoms with van der Waals surface area (Å²) >= 11 is 0. The molecule has 0 aliphatic carbocycles. The smallest absolute Gasteiger partial charge is 0.123 e. The molecule has 3 heteroatoms. The van der Waals surface area contributed by atoms with Crippen molar-refractivity contribution in [3.8, 4) is 5.75 Å². The highest BCUT2D eigenvalue weighted by atomic mass is 16.3. The zero-order valence-electron chi connectivity index (χ0n) is 9.69. The van der Waals surface area contributed by atoms with Crippen molar-refractivity contribution in [1.82, 2.24) is 5.32 Å². The van der Waals surface area contributed by atoms with Gasteiger partial charge >= 0.3 is 0 Å². The maximum Gasteiger partial charge on any atom is 0.123 e. The van der Waals surface area contributed by atoms with Crippen LogP contribution in [0.15, 0.2) is 36.4 Å². The molecule has 2 aromatic rings. The van der Waals surface area contributed by atoms with Crippen molar-refractivity contribution in [2.45, 2.75) is 0 Å². The highest BCUT2D eigenvalue weighted by molar-refractivity contribution is 5.90. The van der Waals surface area contributed by atoms with Gasteiger partial charge in [0.15, 0.2) is 0 Å². The van der Waals surface area contributed by atoms with Crippen LogP contribution in [0.25, 0.3) is 10.8 Å². The van der Waals surface area contributed by atoms with E-state index in [1.54, 1.807) is 6.07 Å². The first kappa shape index (κ1) is 10.4. The van der Waals surface area contributed by atoms with Crippen molar-refractivity contribution >= 4 is 16.5 Å². The van der Waals surface area contributed by atoms with Gasteiger partial charge in [0, 0.05) is 37.3 Å². The summed E-state index contributed by atoms with van der Waals surface area (Å²) < 4.78 is 0. The van der Waals surface area contributed by atoms with E-state index < -0.39 is 0 Å². The number of phenolic OH excluding ortho intramolecular Hbond substituents is 1. The second-order valence-electron chi connectivity index (χ2n) is 4.42. The van der Waals surface area contributed by atoms with Gasteiger partial charge in [0.1, 0.15) is 5.75 Å². The quantitative estimate of drug-likeness (QED) is 0.783. The molecule has 2 aromatic carbocycles. The van der Waals surface area contributed by atoms with Gasteiger partial charge in [0.05, 0.1) is 0 Å². The lowest BCUT2D eigenvalue weighted by molar-refractivity contribution is 0.481. The molecule has 1 saturated heterocycles. The number of rotatable bonds is 1. The second-order valence-corrected chi connectivity index (χ2v) is 4.42. The number of nitrogens with one attached hydrogen (secondary N) is 1. The molecule has 1 aliphatic heterocycles. The molecule has 1 aliphatic rings. The van der Waals surface area contributed by atoms with Crippen LogP contribution in [0, 0.1) is 0 Å². The lowest BCUT2D eigenvalue weighted by Gasteiger charge is -2.29. The van der Waals surface area contributed by atoms with Gasteiger partial charge in [-0.15, -0.1) is 0 Å². The minimum atomic E-state index is 0.356. The number of nitrogens with zero attached hydrogens (tertiary/aromatic N) is 1. The Hall–Kier alpha value is -1.74. The van der Waals surface area contributed by atoms with Crippen LogP contribution in [0.3, 0.4) is 0 Å². The normalized spacial score (nSPS) is 16.4. The monoisotopic (exact) mass is 228 g/mol. The maximum atomic E-state index is 9.75. The Morgan fingerprint density at radius 1 is 1.06 bits per heavy atom. The van der Waals surface area contributed by atoms with E-state index in [0.717, 1.165) is 37.0 Å². The van der Waals surface area contributed by atoms with E-state index in [9.17, 15) is 5.11 Å². The molecule has 0 atom stereocenters. The predicted octanol–water partition coefficient (Wildman–Crippen LogP) is 1.95. The van der Waals surface area contributed by atoms with Crippen LogP contribution >= 0.6 is 0 Å². The van der Waals surface area contributed by atoms with E-state index in [1.807, 2.05) is 18.2 Å². The van der Waals surface area contributed by atoms with Gasteiger partial charge in [-0.2, -0.15) is 0 Å². The zero-order valence-corrected chi connectivity index (χ0v) is 9.69. The first-order valence-electron chi connectivity index (χ1n) is 6.02. The molecule has 3 rings (SSSR count). The molecule has 2 N–H and O–H groups in total. The fraction of sp³-hybridized carbons (Fsp3) is 0.286. The van der Waals surface area contributed by atoms with E-state index in [0.29, 0.717) is 5.75 Å². The molecule has 0 spiro atoms. The Kier molecular flexibility index (Phi) is 2.61. The fourth-order valence-corrected chi connectivity index (χ4v) is 2.37. The van der Waals surface area contributed by atoms with Crippen LogP contribution in [-0.2, 0) is 0 Å². The van der Waals surface area contributed by atoms with Crippen LogP contribution in [0.1, 0.15) is 0 Å². The van der Waals surface area contributed by atoms with Gasteiger partial charge in [-0.3, -0.25) is 0 Å². The van der Waals surface area contributed by atoms with Crippen molar-refractivity contribution in [2.75, 3.05) is 31.1 Å². The van der Waals surface area contributed by atoms with Crippen LogP contribution < -0.4 is 10.2 Å². The molecular formula is C14H16N2O. The molecule has 0 amide bonds. The first-order valence-corrected chi connectivity index (χ1v) is 6.02. The first-order chi connectivity index (χ1) is 8.34. The number of fused-ring (bicyclic) bond motifs is 1. The highest BCUT2D eigenvalue weighted by Gasteiger charge is 2.10. The third kappa shape index (κ3) is 1.94. The maximum absolute atomic E-state index is 9.75. The summed E-state index contributed by atoms with van der Waals surface area (Å²) in [5.41, 5.74) is 1.24. The summed E-state index contributed by atoms with van der Waals surface area (Å²) in [4.78, 5) is 2.37. The third-order valence-electron chi connectivity index (χ3n) is 3.32. The number of aromatic hydroxyl groups is 1. The molecule has 17 heavy (non-hydrogen) atoms. The highest BCUT2D eigenvalue weighted by Crippen LogP contribution is 2.28. The van der Waals surface area contributed by atoms with Gasteiger partial charge in [-0.25, -0.2) is 0 Å². The number of phenols is 1. The van der Waals surface area contributed by atoms with Crippen LogP contribution in [0.4, 0.5) is 5.69 Å². The average Bonchev–Trinajstić information content (AvgIpc) is 2.40. The molecule has 1 fully saturated rings. The van der Waals surface area contributed by atoms with Crippen LogP contribution in [0.2, 0.25) is 0 Å². The zero-order chi connectivity index (χ0) is 11.7. The molecule has 0 bridgehead atoms. The van der Waals surface area contributed by atoms with E-state index in [1.165, 1.54) is 5.69 Å². The van der Waals surface area contributed by atoms with Gasteiger partial charge in [0.25, 0.3) is 0 Å². The molecule has 0 saturated carbocycles. The Morgan fingerprint density at radius 2 is 1.88 bits per heavy atom. The van der Waals surface area contributed by atoms with E-state index in [2.05, 4.69) is 22.3 Å². The standard InChI is InChI=1S/C14H16N2O/c17-14-3-1-2-11-10-12(4-5-13(11)14)16-8-6-15-7-9-16/h1-5,10,15,17H,6-9H2. The lowest BCUT2D eigenvalue weighted by Crippen LogP contribution is -2.43. The summed E-state index contributed by atoms with van der Waals surface area (Å²) in [7, 11) is 0. The SMILES string of the molecule is Oc1cccc2cc(N3CCNCC3)ccc12. The van der Waals surface area contributed by atoms with Crippen molar-refractivity contribution in [3.05, 3.63) is 36.4 Å². The van der Waals surface area contributed by atoms with E-state index in [-0.39, 0.29) is 0 Å². The molecule has 0 unspecified atom stereocenters. The van der Waals surface area contributed by atoms with Crippen LogP contribution in [-0.4, -0.2) is 31.3 Å². The Bertz CT molecular complexity index is 533. The molecule has 88 valence electrons. The third-order valence-corrected chi connectivity index (χ3v) is 3.32. The van der Waals surface area contributed by atoms with Crippen molar-refractivity contribution in [1.29, 1.82) is 0 Å². The molecule has 0 radical (unpaired) electrons. The molecule has 3 nitrogen and oxygen atoms in total. The molecular weight excluding hydrogens is 212 g/mol. The van der Waals surface area contributed by atoms with Crippen molar-refractivity contribution in [3.63, 3.8) is 0 Å². The Labute approximate surface area is 101 Å². The van der Waals surface area contributed by atoms with E-state index >= 15 is 0 Å². The molecule has 0 aromatic heterocycles. The summed E-state index contributed by atoms with van der Waals surface area (Å²) in [6.45, 7) is 4.17. The average molecular weight is 228 g/mol. The van der Waals surface area contributed by atoms with Gasteiger partial charge < -0.3 is 15.3 Å². The van der Waals surface area contributed by atoms with Gasteiger partial charge in [-0.05, 0) is 29.7 Å². The summed E-state index contributed by atoms with van der Waals surface area (Å²) in [5.74, 6) is 0.356. The minimum Gasteiger partial charge on any atom is -0.507 e. The van der Waals surface area contributed by atoms with Gasteiger partial charge in [0.2, 0.25) is 0 Å². The topological polar surface area (TPSA) is 35.5 Å². The summed E-state index contributed by atoms with van der Waals surface area (Å²) in [6.07, 6.45) is 0. The summed E-state index contributed by atoms with van der Waals surface area (Å²) in [5, 5.41) is 15.1. The van der Waals surface area contributed by atoms with E-state index in [4.69, 9.17) is 0 Å². The summed E-state index contributed by atoms with van der Waals surface area (Å²) in [6, 6.07) is 11.9. The van der Waals surface area contributed by atoms with Gasteiger partial charge in [-0.1, -0.05) is 12.1 Å². The number of benzene rings is 2. The largest absolute Gasteiger partial charge is 0.507 e. The van der Waals surface area contributed by atoms with Crippen molar-refractivity contribution in [2.24, 2.45) is 0 Å².